The van der Waals surface area contributed by atoms with Gasteiger partial charge in [0.15, 0.2) is 0 Å². The first-order chi connectivity index (χ1) is 7.71. The van der Waals surface area contributed by atoms with E-state index < -0.39 is 5.54 Å². The van der Waals surface area contributed by atoms with Gasteiger partial charge in [0.05, 0.1) is 6.61 Å². The third-order valence-electron chi connectivity index (χ3n) is 2.67. The van der Waals surface area contributed by atoms with Gasteiger partial charge in [-0.05, 0) is 31.3 Å². The number of azide groups is 1. The zero-order valence-corrected chi connectivity index (χ0v) is 9.19. The normalized spacial score (nSPS) is 24.8. The Kier molecular flexibility index (Phi) is 5.04. The molecule has 0 spiro atoms. The number of hydrogen-bond donors (Lipinski definition) is 2. The fourth-order valence-electron chi connectivity index (χ4n) is 1.74. The lowest BCUT2D eigenvalue weighted by atomic mass is 9.91. The van der Waals surface area contributed by atoms with Crippen molar-refractivity contribution in [1.29, 1.82) is 0 Å². The van der Waals surface area contributed by atoms with Crippen LogP contribution in [0, 0.1) is 0 Å². The third-order valence-corrected chi connectivity index (χ3v) is 2.67. The van der Waals surface area contributed by atoms with Crippen LogP contribution in [0.5, 0.6) is 0 Å². The first-order valence-corrected chi connectivity index (χ1v) is 5.35. The van der Waals surface area contributed by atoms with Gasteiger partial charge in [-0.1, -0.05) is 5.11 Å². The van der Waals surface area contributed by atoms with Crippen LogP contribution in [0.3, 0.4) is 0 Å². The van der Waals surface area contributed by atoms with Gasteiger partial charge in [0.1, 0.15) is 5.54 Å². The van der Waals surface area contributed by atoms with E-state index in [0.717, 1.165) is 6.42 Å². The second-order valence-electron chi connectivity index (χ2n) is 3.84. The predicted octanol–water partition coefficient (Wildman–Crippen LogP) is 0.311. The van der Waals surface area contributed by atoms with E-state index >= 15 is 0 Å². The Morgan fingerprint density at radius 2 is 2.50 bits per heavy atom. The fourth-order valence-corrected chi connectivity index (χ4v) is 1.74. The van der Waals surface area contributed by atoms with Crippen molar-refractivity contribution in [3.63, 3.8) is 0 Å². The van der Waals surface area contributed by atoms with Crippen LogP contribution in [-0.4, -0.2) is 37.7 Å². The van der Waals surface area contributed by atoms with Crippen LogP contribution in [0.15, 0.2) is 5.11 Å². The lowest BCUT2D eigenvalue weighted by Crippen LogP contribution is -2.60. The SMILES string of the molecule is [N-]=[N+]=NCCCNC1(C(N)=O)CCCOC1. The molecule has 0 radical (unpaired) electrons. The van der Waals surface area contributed by atoms with Gasteiger partial charge in [-0.2, -0.15) is 0 Å². The number of carbonyl (C=O) groups excluding carboxylic acids is 1. The molecule has 3 N–H and O–H groups in total. The Balaban J connectivity index is 2.38. The van der Waals surface area contributed by atoms with Crippen LogP contribution in [-0.2, 0) is 9.53 Å². The minimum absolute atomic E-state index is 0.323. The highest BCUT2D eigenvalue weighted by molar-refractivity contribution is 5.85. The second kappa shape index (κ2) is 6.32. The molecule has 0 aromatic carbocycles. The summed E-state index contributed by atoms with van der Waals surface area (Å²) in [5.41, 5.74) is 12.7. The molecule has 0 aromatic rings. The summed E-state index contributed by atoms with van der Waals surface area (Å²) in [7, 11) is 0. The van der Waals surface area contributed by atoms with Crippen LogP contribution >= 0.6 is 0 Å². The summed E-state index contributed by atoms with van der Waals surface area (Å²) in [5.74, 6) is -0.379. The summed E-state index contributed by atoms with van der Waals surface area (Å²) < 4.78 is 5.28. The highest BCUT2D eigenvalue weighted by atomic mass is 16.5. The molecular weight excluding hydrogens is 210 g/mol. The maximum absolute atomic E-state index is 11.4. The molecule has 1 fully saturated rings. The Morgan fingerprint density at radius 3 is 3.06 bits per heavy atom. The van der Waals surface area contributed by atoms with Gasteiger partial charge in [0.25, 0.3) is 0 Å². The van der Waals surface area contributed by atoms with Gasteiger partial charge in [0, 0.05) is 18.1 Å². The number of nitrogens with zero attached hydrogens (tertiary/aromatic N) is 3. The largest absolute Gasteiger partial charge is 0.379 e. The lowest BCUT2D eigenvalue weighted by molar-refractivity contribution is -0.130. The summed E-state index contributed by atoms with van der Waals surface area (Å²) in [5, 5.41) is 6.53. The second-order valence-corrected chi connectivity index (χ2v) is 3.84. The molecule has 16 heavy (non-hydrogen) atoms. The summed E-state index contributed by atoms with van der Waals surface area (Å²) >= 11 is 0. The van der Waals surface area contributed by atoms with E-state index in [1.165, 1.54) is 0 Å². The number of nitrogens with two attached hydrogens (primary N) is 1. The van der Waals surface area contributed by atoms with Gasteiger partial charge in [0.2, 0.25) is 5.91 Å². The number of ether oxygens (including phenoxy) is 1. The number of amides is 1. The van der Waals surface area contributed by atoms with Gasteiger partial charge in [-0.25, -0.2) is 0 Å². The maximum atomic E-state index is 11.4. The Labute approximate surface area is 94.0 Å². The summed E-state index contributed by atoms with van der Waals surface area (Å²) in [6.07, 6.45) is 2.20. The number of carbonyl (C=O) groups is 1. The summed E-state index contributed by atoms with van der Waals surface area (Å²) in [6, 6.07) is 0. The summed E-state index contributed by atoms with van der Waals surface area (Å²) in [4.78, 5) is 14.0. The molecule has 0 bridgehead atoms. The molecule has 1 atom stereocenters. The molecule has 7 nitrogen and oxygen atoms in total. The molecule has 1 unspecified atom stereocenters. The standard InChI is InChI=1S/C9H17N5O2/c10-8(15)9(3-1-6-16-7-9)12-4-2-5-13-14-11/h12H,1-7H2,(H2,10,15). The topological polar surface area (TPSA) is 113 Å². The highest BCUT2D eigenvalue weighted by Crippen LogP contribution is 2.18. The first kappa shape index (κ1) is 12.8. The number of primary amides is 1. The molecule has 1 rings (SSSR count). The number of rotatable bonds is 6. The third kappa shape index (κ3) is 3.37. The molecule has 0 aliphatic carbocycles. The smallest absolute Gasteiger partial charge is 0.240 e. The van der Waals surface area contributed by atoms with Gasteiger partial charge >= 0.3 is 0 Å². The summed E-state index contributed by atoms with van der Waals surface area (Å²) in [6.45, 7) is 2.00. The monoisotopic (exact) mass is 227 g/mol. The van der Waals surface area contributed by atoms with Crippen molar-refractivity contribution in [3.05, 3.63) is 10.4 Å². The van der Waals surface area contributed by atoms with Crippen molar-refractivity contribution in [3.8, 4) is 0 Å². The quantitative estimate of drug-likeness (QED) is 0.294. The highest BCUT2D eigenvalue weighted by Gasteiger charge is 2.37. The van der Waals surface area contributed by atoms with E-state index in [9.17, 15) is 4.79 Å². The van der Waals surface area contributed by atoms with E-state index in [1.807, 2.05) is 0 Å². The predicted molar refractivity (Wildman–Crippen MR) is 58.6 cm³/mol. The average Bonchev–Trinajstić information content (AvgIpc) is 2.30. The van der Waals surface area contributed by atoms with Crippen molar-refractivity contribution in [2.75, 3.05) is 26.3 Å². The van der Waals surface area contributed by atoms with E-state index in [0.29, 0.717) is 39.1 Å². The number of nitrogens with one attached hydrogen (secondary N) is 1. The van der Waals surface area contributed by atoms with Crippen LogP contribution < -0.4 is 11.1 Å². The molecule has 0 saturated carbocycles. The van der Waals surface area contributed by atoms with Crippen LogP contribution in [0.25, 0.3) is 10.4 Å². The minimum atomic E-state index is -0.741. The Bertz CT molecular complexity index is 282. The molecule has 1 aliphatic rings. The fraction of sp³-hybridized carbons (Fsp3) is 0.889. The van der Waals surface area contributed by atoms with Crippen molar-refractivity contribution >= 4 is 5.91 Å². The maximum Gasteiger partial charge on any atom is 0.240 e. The lowest BCUT2D eigenvalue weighted by Gasteiger charge is -2.35. The molecule has 7 heteroatoms. The first-order valence-electron chi connectivity index (χ1n) is 5.35. The zero-order valence-electron chi connectivity index (χ0n) is 9.19. The van der Waals surface area contributed by atoms with Gasteiger partial charge < -0.3 is 15.8 Å². The van der Waals surface area contributed by atoms with E-state index in [-0.39, 0.29) is 5.91 Å². The molecule has 90 valence electrons. The van der Waals surface area contributed by atoms with Crippen molar-refractivity contribution in [1.82, 2.24) is 5.32 Å². The number of hydrogen-bond acceptors (Lipinski definition) is 4. The van der Waals surface area contributed by atoms with Gasteiger partial charge in [-0.15, -0.1) is 0 Å². The Hall–Kier alpha value is -1.30. The minimum Gasteiger partial charge on any atom is -0.379 e. The van der Waals surface area contributed by atoms with Crippen LogP contribution in [0.2, 0.25) is 0 Å². The van der Waals surface area contributed by atoms with Crippen molar-refractivity contribution in [2.45, 2.75) is 24.8 Å². The molecule has 0 aromatic heterocycles. The zero-order chi connectivity index (χ0) is 11.9. The molecule has 1 saturated heterocycles. The van der Waals surface area contributed by atoms with E-state index in [1.54, 1.807) is 0 Å². The van der Waals surface area contributed by atoms with Crippen molar-refractivity contribution in [2.24, 2.45) is 10.8 Å². The Morgan fingerprint density at radius 1 is 1.69 bits per heavy atom. The van der Waals surface area contributed by atoms with E-state index in [2.05, 4.69) is 15.3 Å². The molecular formula is C9H17N5O2. The van der Waals surface area contributed by atoms with Crippen LogP contribution in [0.4, 0.5) is 0 Å². The molecule has 1 aliphatic heterocycles. The van der Waals surface area contributed by atoms with Crippen molar-refractivity contribution < 1.29 is 9.53 Å². The average molecular weight is 227 g/mol. The van der Waals surface area contributed by atoms with E-state index in [4.69, 9.17) is 16.0 Å². The van der Waals surface area contributed by atoms with Gasteiger partial charge in [-0.3, -0.25) is 4.79 Å². The molecule has 1 heterocycles. The molecule has 1 amide bonds. The van der Waals surface area contributed by atoms with Crippen LogP contribution in [0.1, 0.15) is 19.3 Å².